The van der Waals surface area contributed by atoms with E-state index in [1.54, 1.807) is 13.2 Å². The predicted octanol–water partition coefficient (Wildman–Crippen LogP) is 3.39. The van der Waals surface area contributed by atoms with E-state index in [1.807, 2.05) is 24.0 Å². The summed E-state index contributed by atoms with van der Waals surface area (Å²) in [5, 5.41) is 8.92. The smallest absolute Gasteiger partial charge is 0.254 e. The molecule has 1 unspecified atom stereocenters. The van der Waals surface area contributed by atoms with Gasteiger partial charge in [0.2, 0.25) is 0 Å². The molecular weight excluding hydrogens is 356 g/mol. The summed E-state index contributed by atoms with van der Waals surface area (Å²) >= 11 is 0. The van der Waals surface area contributed by atoms with Crippen LogP contribution in [0.3, 0.4) is 0 Å². The molecule has 1 atom stereocenters. The standard InChI is InChI=1S/C21H28N4O3/c1-3-28-17-11-10-15(14-18(17)27-2)21(26)24-13-7-8-16(24)20-23-22-19-9-5-4-6-12-25(19)20/h10-11,14,16H,3-9,12-13H2,1-2H3. The number of hydrogen-bond donors (Lipinski definition) is 0. The van der Waals surface area contributed by atoms with Gasteiger partial charge in [0.15, 0.2) is 17.3 Å². The number of aromatic nitrogens is 3. The van der Waals surface area contributed by atoms with Crippen LogP contribution in [-0.2, 0) is 13.0 Å². The minimum atomic E-state index is -0.00980. The molecule has 3 heterocycles. The lowest BCUT2D eigenvalue weighted by Gasteiger charge is -2.25. The third-order valence-electron chi connectivity index (χ3n) is 5.66. The second kappa shape index (κ2) is 8.20. The van der Waals surface area contributed by atoms with E-state index in [1.165, 1.54) is 6.42 Å². The lowest BCUT2D eigenvalue weighted by molar-refractivity contribution is 0.0726. The van der Waals surface area contributed by atoms with Crippen LogP contribution in [0.4, 0.5) is 0 Å². The van der Waals surface area contributed by atoms with Crippen molar-refractivity contribution in [2.45, 2.75) is 58.0 Å². The highest BCUT2D eigenvalue weighted by atomic mass is 16.5. The van der Waals surface area contributed by atoms with Crippen molar-refractivity contribution in [2.24, 2.45) is 0 Å². The molecular formula is C21H28N4O3. The number of carbonyl (C=O) groups excluding carboxylic acids is 1. The lowest BCUT2D eigenvalue weighted by Crippen LogP contribution is -2.32. The van der Waals surface area contributed by atoms with Crippen LogP contribution in [0, 0.1) is 0 Å². The highest BCUT2D eigenvalue weighted by Crippen LogP contribution is 2.35. The Bertz CT molecular complexity index is 848. The second-order valence-electron chi connectivity index (χ2n) is 7.39. The number of benzene rings is 1. The Morgan fingerprint density at radius 2 is 2.04 bits per heavy atom. The van der Waals surface area contributed by atoms with Crippen molar-refractivity contribution in [3.63, 3.8) is 0 Å². The summed E-state index contributed by atoms with van der Waals surface area (Å²) < 4.78 is 13.2. The molecule has 1 aromatic carbocycles. The normalized spacial score (nSPS) is 19.2. The Morgan fingerprint density at radius 3 is 2.86 bits per heavy atom. The topological polar surface area (TPSA) is 69.5 Å². The fourth-order valence-electron chi connectivity index (χ4n) is 4.27. The second-order valence-corrected chi connectivity index (χ2v) is 7.39. The number of methoxy groups -OCH3 is 1. The summed E-state index contributed by atoms with van der Waals surface area (Å²) in [6, 6.07) is 5.39. The summed E-state index contributed by atoms with van der Waals surface area (Å²) in [5.41, 5.74) is 0.614. The van der Waals surface area contributed by atoms with Gasteiger partial charge in [0.25, 0.3) is 5.91 Å². The molecule has 1 amide bonds. The summed E-state index contributed by atoms with van der Waals surface area (Å²) in [6.45, 7) is 4.17. The first-order chi connectivity index (χ1) is 13.7. The maximum Gasteiger partial charge on any atom is 0.254 e. The average Bonchev–Trinajstić information content (AvgIpc) is 3.28. The Balaban J connectivity index is 1.60. The van der Waals surface area contributed by atoms with Crippen LogP contribution < -0.4 is 9.47 Å². The predicted molar refractivity (Wildman–Crippen MR) is 105 cm³/mol. The largest absolute Gasteiger partial charge is 0.493 e. The van der Waals surface area contributed by atoms with Gasteiger partial charge in [-0.25, -0.2) is 0 Å². The van der Waals surface area contributed by atoms with E-state index in [9.17, 15) is 4.79 Å². The maximum atomic E-state index is 13.3. The molecule has 2 aliphatic rings. The fraction of sp³-hybridized carbons (Fsp3) is 0.571. The number of ether oxygens (including phenoxy) is 2. The Kier molecular flexibility index (Phi) is 5.50. The number of carbonyl (C=O) groups is 1. The molecule has 2 aliphatic heterocycles. The van der Waals surface area contributed by atoms with E-state index < -0.39 is 0 Å². The van der Waals surface area contributed by atoms with Crippen molar-refractivity contribution in [1.82, 2.24) is 19.7 Å². The van der Waals surface area contributed by atoms with Crippen molar-refractivity contribution in [3.05, 3.63) is 35.4 Å². The molecule has 0 saturated carbocycles. The highest BCUT2D eigenvalue weighted by Gasteiger charge is 2.35. The molecule has 0 radical (unpaired) electrons. The van der Waals surface area contributed by atoms with Gasteiger partial charge in [-0.3, -0.25) is 4.79 Å². The quantitative estimate of drug-likeness (QED) is 0.790. The highest BCUT2D eigenvalue weighted by molar-refractivity contribution is 5.95. The van der Waals surface area contributed by atoms with Gasteiger partial charge < -0.3 is 18.9 Å². The van der Waals surface area contributed by atoms with Gasteiger partial charge in [-0.05, 0) is 50.8 Å². The Morgan fingerprint density at radius 1 is 1.14 bits per heavy atom. The van der Waals surface area contributed by atoms with Crippen LogP contribution in [0.15, 0.2) is 18.2 Å². The SMILES string of the molecule is CCOc1ccc(C(=O)N2CCCC2c2nnc3n2CCCCC3)cc1OC. The van der Waals surface area contributed by atoms with Crippen molar-refractivity contribution in [3.8, 4) is 11.5 Å². The molecule has 0 bridgehead atoms. The fourth-order valence-corrected chi connectivity index (χ4v) is 4.27. The van der Waals surface area contributed by atoms with E-state index >= 15 is 0 Å². The number of hydrogen-bond acceptors (Lipinski definition) is 5. The van der Waals surface area contributed by atoms with Gasteiger partial charge in [-0.1, -0.05) is 6.42 Å². The van der Waals surface area contributed by atoms with Crippen LogP contribution in [0.25, 0.3) is 0 Å². The van der Waals surface area contributed by atoms with Crippen LogP contribution in [0.5, 0.6) is 11.5 Å². The van der Waals surface area contributed by atoms with Crippen LogP contribution in [0.2, 0.25) is 0 Å². The van der Waals surface area contributed by atoms with E-state index in [0.717, 1.165) is 56.8 Å². The first-order valence-electron chi connectivity index (χ1n) is 10.3. The van der Waals surface area contributed by atoms with Crippen LogP contribution in [0.1, 0.15) is 67.1 Å². The third kappa shape index (κ3) is 3.45. The van der Waals surface area contributed by atoms with Gasteiger partial charge in [-0.15, -0.1) is 10.2 Å². The number of aryl methyl sites for hydroxylation is 1. The molecule has 0 N–H and O–H groups in total. The van der Waals surface area contributed by atoms with Crippen molar-refractivity contribution < 1.29 is 14.3 Å². The zero-order valence-electron chi connectivity index (χ0n) is 16.7. The van der Waals surface area contributed by atoms with Gasteiger partial charge in [0.1, 0.15) is 5.82 Å². The van der Waals surface area contributed by atoms with E-state index in [4.69, 9.17) is 9.47 Å². The molecule has 0 aliphatic carbocycles. The maximum absolute atomic E-state index is 13.3. The van der Waals surface area contributed by atoms with E-state index in [0.29, 0.717) is 23.7 Å². The number of amides is 1. The van der Waals surface area contributed by atoms with Crippen molar-refractivity contribution in [2.75, 3.05) is 20.3 Å². The molecule has 4 rings (SSSR count). The first-order valence-corrected chi connectivity index (χ1v) is 10.3. The summed E-state index contributed by atoms with van der Waals surface area (Å²) in [6.07, 6.45) is 6.42. The molecule has 28 heavy (non-hydrogen) atoms. The van der Waals surface area contributed by atoms with Gasteiger partial charge in [-0.2, -0.15) is 0 Å². The number of nitrogens with zero attached hydrogens (tertiary/aromatic N) is 4. The van der Waals surface area contributed by atoms with E-state index in [-0.39, 0.29) is 11.9 Å². The summed E-state index contributed by atoms with van der Waals surface area (Å²) in [7, 11) is 1.59. The zero-order valence-corrected chi connectivity index (χ0v) is 16.7. The van der Waals surface area contributed by atoms with Crippen LogP contribution >= 0.6 is 0 Å². The molecule has 1 aromatic heterocycles. The number of rotatable bonds is 5. The third-order valence-corrected chi connectivity index (χ3v) is 5.66. The summed E-state index contributed by atoms with van der Waals surface area (Å²) in [5.74, 6) is 3.26. The molecule has 150 valence electrons. The molecule has 2 aromatic rings. The summed E-state index contributed by atoms with van der Waals surface area (Å²) in [4.78, 5) is 15.2. The minimum absolute atomic E-state index is 0.00909. The zero-order chi connectivity index (χ0) is 19.5. The van der Waals surface area contributed by atoms with Crippen LogP contribution in [-0.4, -0.2) is 45.8 Å². The molecule has 1 saturated heterocycles. The first kappa shape index (κ1) is 18.8. The van der Waals surface area contributed by atoms with Crippen molar-refractivity contribution in [1.29, 1.82) is 0 Å². The lowest BCUT2D eigenvalue weighted by atomic mass is 10.1. The number of likely N-dealkylation sites (tertiary alicyclic amines) is 1. The van der Waals surface area contributed by atoms with E-state index in [2.05, 4.69) is 14.8 Å². The van der Waals surface area contributed by atoms with Gasteiger partial charge >= 0.3 is 0 Å². The van der Waals surface area contributed by atoms with Crippen molar-refractivity contribution >= 4 is 5.91 Å². The molecule has 7 heteroatoms. The minimum Gasteiger partial charge on any atom is -0.493 e. The number of fused-ring (bicyclic) bond motifs is 1. The Labute approximate surface area is 165 Å². The van der Waals surface area contributed by atoms with Gasteiger partial charge in [0, 0.05) is 25.1 Å². The molecule has 7 nitrogen and oxygen atoms in total. The Hall–Kier alpha value is -2.57. The molecule has 0 spiro atoms. The monoisotopic (exact) mass is 384 g/mol. The van der Waals surface area contributed by atoms with Gasteiger partial charge in [0.05, 0.1) is 19.8 Å². The molecule has 1 fully saturated rings. The average molecular weight is 384 g/mol.